The molecule has 23 N–H and O–H groups in total. The van der Waals surface area contributed by atoms with E-state index in [0.717, 1.165) is 10.9 Å². The molecule has 84 heavy (non-hydrogen) atoms. The predicted octanol–water partition coefficient (Wildman–Crippen LogP) is -4.86. The lowest BCUT2D eigenvalue weighted by molar-refractivity contribution is -0.136. The van der Waals surface area contributed by atoms with E-state index >= 15 is 0 Å². The largest absolute Gasteiger partial charge is 0.394 e. The van der Waals surface area contributed by atoms with Crippen LogP contribution in [0.5, 0.6) is 0 Å². The number of aliphatic hydroxyl groups excluding tert-OH is 1. The lowest BCUT2D eigenvalue weighted by Gasteiger charge is -2.27. The molecule has 0 aliphatic heterocycles. The maximum Gasteiger partial charge on any atom is 0.245 e. The number of para-hydroxylation sites is 2. The number of aromatic nitrogens is 2. The zero-order valence-corrected chi connectivity index (χ0v) is 45.8. The summed E-state index contributed by atoms with van der Waals surface area (Å²) in [4.78, 5) is 165. The molecule has 2 heterocycles. The molecule has 0 aliphatic rings. The highest BCUT2D eigenvalue weighted by atomic mass is 16.3. The number of carbonyl (C=O) groups is 12. The van der Waals surface area contributed by atoms with Gasteiger partial charge in [-0.05, 0) is 61.1 Å². The van der Waals surface area contributed by atoms with Gasteiger partial charge in [-0.3, -0.25) is 57.5 Å². The van der Waals surface area contributed by atoms with Crippen molar-refractivity contribution in [1.82, 2.24) is 52.5 Å². The number of aromatic amines is 2. The Morgan fingerprint density at radius 2 is 0.929 bits per heavy atom. The quantitative estimate of drug-likeness (QED) is 0.0169. The minimum atomic E-state index is -1.76. The molecule has 0 saturated heterocycles. The first kappa shape index (κ1) is 65.1. The van der Waals surface area contributed by atoms with Gasteiger partial charge in [-0.1, -0.05) is 66.7 Å². The van der Waals surface area contributed by atoms with Gasteiger partial charge in [-0.25, -0.2) is 0 Å². The molecular formula is C55H72N16O13. The van der Waals surface area contributed by atoms with E-state index in [1.165, 1.54) is 0 Å². The molecule has 0 spiro atoms. The van der Waals surface area contributed by atoms with Gasteiger partial charge in [-0.2, -0.15) is 0 Å². The molecule has 12 amide bonds. The summed E-state index contributed by atoms with van der Waals surface area (Å²) in [6, 6.07) is 10.3. The van der Waals surface area contributed by atoms with Crippen LogP contribution in [-0.2, 0) is 76.8 Å². The molecule has 0 radical (unpaired) electrons. The van der Waals surface area contributed by atoms with Crippen LogP contribution in [0.3, 0.4) is 0 Å². The minimum absolute atomic E-state index is 0.0349. The van der Waals surface area contributed by atoms with Gasteiger partial charge in [0, 0.05) is 59.9 Å². The molecule has 2 aromatic heterocycles. The maximum absolute atomic E-state index is 14.4. The smallest absolute Gasteiger partial charge is 0.245 e. The summed E-state index contributed by atoms with van der Waals surface area (Å²) >= 11 is 0. The van der Waals surface area contributed by atoms with E-state index in [-0.39, 0.29) is 38.6 Å². The summed E-state index contributed by atoms with van der Waals surface area (Å²) in [5, 5.41) is 31.1. The second kappa shape index (κ2) is 32.0. The molecule has 29 nitrogen and oxygen atoms in total. The van der Waals surface area contributed by atoms with Crippen LogP contribution in [0.2, 0.25) is 0 Å². The molecule has 450 valence electrons. The normalized spacial score (nSPS) is 13.9. The lowest BCUT2D eigenvalue weighted by atomic mass is 10.0. The third-order valence-electron chi connectivity index (χ3n) is 13.4. The van der Waals surface area contributed by atoms with Crippen LogP contribution in [0.25, 0.3) is 21.8 Å². The maximum atomic E-state index is 14.4. The van der Waals surface area contributed by atoms with E-state index in [2.05, 4.69) is 52.5 Å². The summed E-state index contributed by atoms with van der Waals surface area (Å²) in [7, 11) is 0. The summed E-state index contributed by atoms with van der Waals surface area (Å²) in [5.41, 5.74) is 36.6. The molecule has 0 unspecified atom stereocenters. The van der Waals surface area contributed by atoms with Gasteiger partial charge in [-0.15, -0.1) is 0 Å². The second-order valence-electron chi connectivity index (χ2n) is 19.8. The third-order valence-corrected chi connectivity index (χ3v) is 13.4. The second-order valence-corrected chi connectivity index (χ2v) is 19.8. The molecule has 8 atom stereocenters. The number of aliphatic hydroxyl groups is 1. The fraction of sp³-hybridized carbons (Fsp3) is 0.382. The number of hydrogen-bond donors (Lipinski definition) is 17. The monoisotopic (exact) mass is 1160 g/mol. The molecule has 0 bridgehead atoms. The molecule has 5 rings (SSSR count). The number of fused-ring (bicyclic) bond motifs is 2. The van der Waals surface area contributed by atoms with Gasteiger partial charge in [0.15, 0.2) is 0 Å². The Balaban J connectivity index is 1.31. The van der Waals surface area contributed by atoms with E-state index in [4.69, 9.17) is 34.4 Å². The first-order chi connectivity index (χ1) is 40.1. The van der Waals surface area contributed by atoms with Crippen LogP contribution in [0, 0.1) is 0 Å². The third kappa shape index (κ3) is 20.1. The average Bonchev–Trinajstić information content (AvgIpc) is 3.70. The van der Waals surface area contributed by atoms with E-state index in [0.29, 0.717) is 34.0 Å². The van der Waals surface area contributed by atoms with Crippen molar-refractivity contribution in [2.24, 2.45) is 34.4 Å². The van der Waals surface area contributed by atoms with Crippen LogP contribution in [0.4, 0.5) is 0 Å². The summed E-state index contributed by atoms with van der Waals surface area (Å²) in [5.74, 6) is -11.7. The number of carbonyl (C=O) groups excluding carboxylic acids is 12. The zero-order valence-electron chi connectivity index (χ0n) is 45.8. The number of H-pyrrole nitrogens is 2. The van der Waals surface area contributed by atoms with Crippen molar-refractivity contribution in [2.45, 2.75) is 113 Å². The Bertz CT molecular complexity index is 3170. The standard InChI is InChI=1S/C55H72N16O13/c56-19-9-8-16-37(66-54(83)42(24-46(60)75)71-53(82)41(69-49(78)34(57)23-45(59)74)22-31-26-63-36-15-7-5-13-33(31)36)51(80)70-40(20-29-10-2-1-3-11-29)52(81)67-38(17-18-44(58)73)50(79)64-27-47(76)65-43(28-72)55(84)68-39(48(61)77)21-30-25-62-35-14-6-4-12-32(30)35/h1-7,10-15,25-26,34,37-43,62-63,72H,8-9,16-24,27-28,56-57H2,(H2,58,73)(H2,59,74)(H2,60,75)(H2,61,77)(H,64,79)(H,65,76)(H,66,83)(H,67,81)(H,68,84)(H,69,78)(H,70,80)(H,71,82)/t34-,37-,38-,39-,40-,41-,42-,43-/m0/s1. The lowest BCUT2D eigenvalue weighted by Crippen LogP contribution is -2.60. The molecular weight excluding hydrogens is 1090 g/mol. The van der Waals surface area contributed by atoms with Crippen LogP contribution >= 0.6 is 0 Å². The fourth-order valence-electron chi connectivity index (χ4n) is 8.94. The number of hydrogen-bond acceptors (Lipinski definition) is 15. The Hall–Kier alpha value is -9.74. The van der Waals surface area contributed by atoms with Gasteiger partial charge in [0.1, 0.15) is 42.3 Å². The average molecular weight is 1170 g/mol. The Kier molecular flexibility index (Phi) is 24.8. The summed E-state index contributed by atoms with van der Waals surface area (Å²) in [6.45, 7) is -1.60. The van der Waals surface area contributed by atoms with Crippen molar-refractivity contribution in [1.29, 1.82) is 0 Å². The number of unbranched alkanes of at least 4 members (excludes halogenated alkanes) is 1. The fourth-order valence-corrected chi connectivity index (χ4v) is 8.94. The highest BCUT2D eigenvalue weighted by Crippen LogP contribution is 2.21. The van der Waals surface area contributed by atoms with E-state index in [1.54, 1.807) is 85.2 Å². The van der Waals surface area contributed by atoms with Crippen LogP contribution in [0.15, 0.2) is 91.3 Å². The van der Waals surface area contributed by atoms with Gasteiger partial charge in [0.25, 0.3) is 0 Å². The minimum Gasteiger partial charge on any atom is -0.394 e. The molecule has 0 aliphatic carbocycles. The number of rotatable bonds is 35. The number of benzene rings is 3. The number of amides is 12. The SMILES string of the molecule is NCCCC[C@H](NC(=O)[C@H](CC(N)=O)NC(=O)[C@H](Cc1c[nH]c2ccccc12)NC(=O)[C@@H](N)CC(N)=O)C(=O)N[C@@H](Cc1ccccc1)C(=O)N[C@@H](CCC(N)=O)C(=O)NCC(=O)N[C@@H](CO)C(=O)N[C@@H](Cc1c[nH]c2ccccc12)C(N)=O. The van der Waals surface area contributed by atoms with E-state index < -0.39 is 158 Å². The van der Waals surface area contributed by atoms with Crippen LogP contribution in [0.1, 0.15) is 61.6 Å². The predicted molar refractivity (Wildman–Crippen MR) is 304 cm³/mol. The number of primary amides is 4. The van der Waals surface area contributed by atoms with E-state index in [9.17, 15) is 62.6 Å². The van der Waals surface area contributed by atoms with Crippen molar-refractivity contribution in [3.63, 3.8) is 0 Å². The summed E-state index contributed by atoms with van der Waals surface area (Å²) in [6.07, 6.45) is 1.04. The van der Waals surface area contributed by atoms with Crippen molar-refractivity contribution >= 4 is 92.7 Å². The molecule has 29 heteroatoms. The topological polar surface area (TPSA) is 509 Å². The van der Waals surface area contributed by atoms with Gasteiger partial charge < -0.3 is 92.0 Å². The Morgan fingerprint density at radius 3 is 1.48 bits per heavy atom. The first-order valence-corrected chi connectivity index (χ1v) is 26.8. The highest BCUT2D eigenvalue weighted by Gasteiger charge is 2.35. The Labute approximate surface area is 481 Å². The van der Waals surface area contributed by atoms with Gasteiger partial charge >= 0.3 is 0 Å². The number of nitrogens with two attached hydrogens (primary N) is 6. The molecule has 3 aromatic carbocycles. The summed E-state index contributed by atoms with van der Waals surface area (Å²) < 4.78 is 0. The first-order valence-electron chi connectivity index (χ1n) is 26.8. The van der Waals surface area contributed by atoms with Crippen molar-refractivity contribution in [2.75, 3.05) is 19.7 Å². The van der Waals surface area contributed by atoms with Crippen LogP contribution in [-0.4, -0.2) is 154 Å². The number of nitrogens with one attached hydrogen (secondary N) is 10. The Morgan fingerprint density at radius 1 is 0.464 bits per heavy atom. The molecule has 5 aromatic rings. The van der Waals surface area contributed by atoms with E-state index in [1.807, 2.05) is 6.07 Å². The molecule has 0 fully saturated rings. The van der Waals surface area contributed by atoms with Gasteiger partial charge in [0.2, 0.25) is 70.9 Å². The van der Waals surface area contributed by atoms with Crippen molar-refractivity contribution < 1.29 is 62.6 Å². The highest BCUT2D eigenvalue weighted by molar-refractivity contribution is 6.00. The van der Waals surface area contributed by atoms with Gasteiger partial charge in [0.05, 0.1) is 32.0 Å². The molecule has 0 saturated carbocycles. The van der Waals surface area contributed by atoms with Crippen LogP contribution < -0.4 is 76.9 Å². The van der Waals surface area contributed by atoms with Crippen molar-refractivity contribution in [3.8, 4) is 0 Å². The zero-order chi connectivity index (χ0) is 61.5. The van der Waals surface area contributed by atoms with Crippen molar-refractivity contribution in [3.05, 3.63) is 108 Å².